The maximum atomic E-state index is 10.5. The number of aliphatic carboxylic acids is 1. The number of carboxylic acid groups (broad SMARTS) is 1. The zero-order valence-corrected chi connectivity index (χ0v) is 5.97. The van der Waals surface area contributed by atoms with Crippen molar-refractivity contribution in [1.29, 1.82) is 0 Å². The minimum absolute atomic E-state index is 0.492. The molecule has 0 rings (SSSR count). The lowest BCUT2D eigenvalue weighted by Gasteiger charge is -2.06. The Hall–Kier alpha value is -1.72. The smallest absolute Gasteiger partial charge is 0.344 e. The number of carboxylic acids is 1. The second-order valence-corrected chi connectivity index (χ2v) is 1.83. The van der Waals surface area contributed by atoms with E-state index in [9.17, 15) is 9.59 Å². The molecule has 0 radical (unpaired) electrons. The number of nitrogens with zero attached hydrogens (tertiary/aromatic N) is 2. The fourth-order valence-electron chi connectivity index (χ4n) is 0.447. The van der Waals surface area contributed by atoms with Gasteiger partial charge in [0, 0.05) is 0 Å². The molecule has 0 aromatic rings. The molecule has 0 bridgehead atoms. The zero-order chi connectivity index (χ0) is 9.56. The number of carbonyl (C=O) groups is 2. The molecular weight excluding hydrogens is 166 g/mol. The van der Waals surface area contributed by atoms with Crippen molar-refractivity contribution in [2.45, 2.75) is 6.04 Å². The average Bonchev–Trinajstić information content (AvgIpc) is 2.00. The summed E-state index contributed by atoms with van der Waals surface area (Å²) in [5.74, 6) is -2.25. The third-order valence-electron chi connectivity index (χ3n) is 0.972. The van der Waals surface area contributed by atoms with Gasteiger partial charge in [-0.2, -0.15) is 4.79 Å². The summed E-state index contributed by atoms with van der Waals surface area (Å²) in [6.07, 6.45) is 0.492. The average molecular weight is 173 g/mol. The number of nitrogens with one attached hydrogen (secondary N) is 1. The largest absolute Gasteiger partial charge is 0.480 e. The van der Waals surface area contributed by atoms with E-state index in [0.29, 0.717) is 6.21 Å². The van der Waals surface area contributed by atoms with Gasteiger partial charge in [0.2, 0.25) is 0 Å². The molecule has 0 aromatic heterocycles. The quantitative estimate of drug-likeness (QED) is 0.254. The molecule has 0 fully saturated rings. The first-order valence-corrected chi connectivity index (χ1v) is 2.93. The van der Waals surface area contributed by atoms with Crippen molar-refractivity contribution in [3.8, 4) is 0 Å². The van der Waals surface area contributed by atoms with Crippen LogP contribution in [0.4, 0.5) is 0 Å². The number of rotatable bonds is 4. The minimum Gasteiger partial charge on any atom is -0.480 e. The Bertz CT molecular complexity index is 233. The van der Waals surface area contributed by atoms with Gasteiger partial charge in [-0.1, -0.05) is 0 Å². The predicted octanol–water partition coefficient (Wildman–Crippen LogP) is -2.15. The van der Waals surface area contributed by atoms with Crippen LogP contribution in [-0.2, 0) is 9.59 Å². The highest BCUT2D eigenvalue weighted by molar-refractivity contribution is 6.24. The third-order valence-corrected chi connectivity index (χ3v) is 0.972. The van der Waals surface area contributed by atoms with Crippen LogP contribution in [0.2, 0.25) is 0 Å². The number of hydrogen-bond acceptors (Lipinski definition) is 3. The minimum atomic E-state index is -1.38. The number of carbonyl (C=O) groups excluding carboxylic acids is 1. The van der Waals surface area contributed by atoms with Crippen molar-refractivity contribution in [3.05, 3.63) is 5.53 Å². The molecule has 0 unspecified atom stereocenters. The van der Waals surface area contributed by atoms with Crippen LogP contribution in [0.25, 0.3) is 5.53 Å². The summed E-state index contributed by atoms with van der Waals surface area (Å²) in [6, 6.07) is -1.38. The van der Waals surface area contributed by atoms with Crippen molar-refractivity contribution in [2.75, 3.05) is 6.61 Å². The molecule has 3 N–H and O–H groups in total. The summed E-state index contributed by atoms with van der Waals surface area (Å²) >= 11 is 0. The lowest BCUT2D eigenvalue weighted by Crippen LogP contribution is -2.43. The van der Waals surface area contributed by atoms with E-state index in [0.717, 1.165) is 0 Å². The number of aliphatic hydroxyl groups excluding tert-OH is 1. The van der Waals surface area contributed by atoms with Gasteiger partial charge in [0.15, 0.2) is 6.04 Å². The van der Waals surface area contributed by atoms with Crippen molar-refractivity contribution >= 4 is 18.1 Å². The maximum Gasteiger partial charge on any atom is 0.344 e. The van der Waals surface area contributed by atoms with E-state index in [1.807, 2.05) is 5.32 Å². The van der Waals surface area contributed by atoms with E-state index in [1.165, 1.54) is 0 Å². The Kier molecular flexibility index (Phi) is 4.28. The van der Waals surface area contributed by atoms with Gasteiger partial charge in [-0.25, -0.2) is 4.79 Å². The van der Waals surface area contributed by atoms with Gasteiger partial charge in [-0.3, -0.25) is 4.79 Å². The standard InChI is InChI=1S/C5H7N3O4/c6-7-1-4(10)8-3(2-9)5(11)12/h1,3,9H,2H2,(H,8,10)(H,11,12)/t3-/m0/s1. The lowest BCUT2D eigenvalue weighted by molar-refractivity contribution is -0.142. The van der Waals surface area contributed by atoms with Crippen molar-refractivity contribution in [2.24, 2.45) is 0 Å². The van der Waals surface area contributed by atoms with Crippen LogP contribution in [0.15, 0.2) is 0 Å². The maximum absolute atomic E-state index is 10.5. The molecule has 12 heavy (non-hydrogen) atoms. The SMILES string of the molecule is [N-]=[N+]=CC(=O)N[C@@H](CO)C(=O)O. The van der Waals surface area contributed by atoms with E-state index in [4.69, 9.17) is 15.7 Å². The predicted molar refractivity (Wildman–Crippen MR) is 36.3 cm³/mol. The summed E-state index contributed by atoms with van der Waals surface area (Å²) in [6.45, 7) is -0.722. The molecule has 0 saturated heterocycles. The normalized spacial score (nSPS) is 11.1. The second kappa shape index (κ2) is 5.00. The van der Waals surface area contributed by atoms with Crippen LogP contribution in [0, 0.1) is 0 Å². The van der Waals surface area contributed by atoms with Gasteiger partial charge in [0.1, 0.15) is 0 Å². The fourth-order valence-corrected chi connectivity index (χ4v) is 0.447. The van der Waals surface area contributed by atoms with Gasteiger partial charge >= 0.3 is 18.1 Å². The van der Waals surface area contributed by atoms with Gasteiger partial charge < -0.3 is 21.1 Å². The van der Waals surface area contributed by atoms with Crippen molar-refractivity contribution < 1.29 is 24.6 Å². The fraction of sp³-hybridized carbons (Fsp3) is 0.400. The van der Waals surface area contributed by atoms with Gasteiger partial charge in [0.25, 0.3) is 0 Å². The van der Waals surface area contributed by atoms with Crippen LogP contribution in [0.1, 0.15) is 0 Å². The molecule has 1 atom stereocenters. The second-order valence-electron chi connectivity index (χ2n) is 1.83. The summed E-state index contributed by atoms with van der Waals surface area (Å²) in [5.41, 5.74) is 7.86. The molecule has 0 aromatic carbocycles. The highest BCUT2D eigenvalue weighted by Gasteiger charge is 2.18. The van der Waals surface area contributed by atoms with E-state index in [1.54, 1.807) is 0 Å². The molecule has 0 heterocycles. The first-order valence-electron chi connectivity index (χ1n) is 2.93. The molecule has 7 heteroatoms. The van der Waals surface area contributed by atoms with Crippen LogP contribution >= 0.6 is 0 Å². The van der Waals surface area contributed by atoms with Crippen LogP contribution in [0.3, 0.4) is 0 Å². The molecular formula is C5H7N3O4. The zero-order valence-electron chi connectivity index (χ0n) is 5.97. The first-order chi connectivity index (χ1) is 5.61. The van der Waals surface area contributed by atoms with Gasteiger partial charge in [-0.05, 0) is 0 Å². The molecule has 0 aliphatic rings. The van der Waals surface area contributed by atoms with E-state index in [-0.39, 0.29) is 0 Å². The molecule has 0 saturated carbocycles. The summed E-state index contributed by atoms with van der Waals surface area (Å²) in [7, 11) is 0. The lowest BCUT2D eigenvalue weighted by atomic mass is 10.3. The Morgan fingerprint density at radius 3 is 2.58 bits per heavy atom. The molecule has 66 valence electrons. The molecule has 1 amide bonds. The van der Waals surface area contributed by atoms with Crippen molar-refractivity contribution in [1.82, 2.24) is 5.32 Å². The number of aliphatic hydroxyl groups is 1. The van der Waals surface area contributed by atoms with Crippen LogP contribution < -0.4 is 5.32 Å². The summed E-state index contributed by atoms with van der Waals surface area (Å²) < 4.78 is 0. The molecule has 0 aliphatic carbocycles. The van der Waals surface area contributed by atoms with Crippen molar-refractivity contribution in [3.63, 3.8) is 0 Å². The van der Waals surface area contributed by atoms with Crippen LogP contribution in [0.5, 0.6) is 0 Å². The van der Waals surface area contributed by atoms with Gasteiger partial charge in [0.05, 0.1) is 6.61 Å². The molecule has 7 nitrogen and oxygen atoms in total. The monoisotopic (exact) mass is 173 g/mol. The Morgan fingerprint density at radius 2 is 2.25 bits per heavy atom. The third kappa shape index (κ3) is 3.45. The molecule has 0 spiro atoms. The Morgan fingerprint density at radius 1 is 1.67 bits per heavy atom. The highest BCUT2D eigenvalue weighted by atomic mass is 16.4. The number of hydrogen-bond donors (Lipinski definition) is 3. The first kappa shape index (κ1) is 10.3. The van der Waals surface area contributed by atoms with E-state index >= 15 is 0 Å². The summed E-state index contributed by atoms with van der Waals surface area (Å²) in [4.78, 5) is 23.1. The molecule has 0 aliphatic heterocycles. The van der Waals surface area contributed by atoms with Gasteiger partial charge in [-0.15, -0.1) is 0 Å². The Balaban J connectivity index is 4.11. The summed E-state index contributed by atoms with van der Waals surface area (Å²) in [5, 5.41) is 18.6. The van der Waals surface area contributed by atoms with Crippen LogP contribution in [-0.4, -0.2) is 45.7 Å². The topological polar surface area (TPSA) is 123 Å². The van der Waals surface area contributed by atoms with E-state index < -0.39 is 24.5 Å². The highest BCUT2D eigenvalue weighted by Crippen LogP contribution is 1.80. The number of amides is 1. The van der Waals surface area contributed by atoms with E-state index in [2.05, 4.69) is 4.79 Å². The Labute approximate surface area is 67.2 Å².